The zero-order valence-electron chi connectivity index (χ0n) is 29.7. The van der Waals surface area contributed by atoms with Gasteiger partial charge < -0.3 is 9.47 Å². The lowest BCUT2D eigenvalue weighted by Gasteiger charge is -2.69. The first-order chi connectivity index (χ1) is 21.8. The number of hydrogen-bond donors (Lipinski definition) is 0. The molecule has 0 saturated heterocycles. The molecule has 5 aliphatic carbocycles. The van der Waals surface area contributed by atoms with Crippen LogP contribution in [0.25, 0.3) is 0 Å². The number of rotatable bonds is 7. The van der Waals surface area contributed by atoms with Gasteiger partial charge in [0.25, 0.3) is 0 Å². The van der Waals surface area contributed by atoms with Gasteiger partial charge in [0, 0.05) is 24.8 Å². The van der Waals surface area contributed by atoms with Crippen LogP contribution in [0.4, 0.5) is 0 Å². The van der Waals surface area contributed by atoms with Crippen molar-refractivity contribution in [2.75, 3.05) is 6.61 Å². The number of fused-ring (bicyclic) bond motifs is 6. The fourth-order valence-electron chi connectivity index (χ4n) is 11.7. The fraction of sp³-hybridized carbons (Fsp3) is 0.667. The molecule has 0 aromatic carbocycles. The third-order valence-electron chi connectivity index (χ3n) is 14.9. The van der Waals surface area contributed by atoms with Crippen molar-refractivity contribution in [1.29, 1.82) is 0 Å². The second kappa shape index (κ2) is 11.4. The Kier molecular flexibility index (Phi) is 8.00. The zero-order valence-corrected chi connectivity index (χ0v) is 29.7. The number of hydrogen-bond acceptors (Lipinski definition) is 4. The summed E-state index contributed by atoms with van der Waals surface area (Å²) < 4.78 is 13.1. The van der Waals surface area contributed by atoms with Crippen LogP contribution in [-0.2, 0) is 22.7 Å². The number of nitrogens with zero attached hydrogens (tertiary/aromatic N) is 2. The predicted octanol–water partition coefficient (Wildman–Crippen LogP) is 10.3. The Labute approximate surface area is 278 Å². The second-order valence-electron chi connectivity index (χ2n) is 18.0. The van der Waals surface area contributed by atoms with E-state index in [4.69, 9.17) is 9.47 Å². The van der Waals surface area contributed by atoms with Gasteiger partial charge in [0.2, 0.25) is 0 Å². The van der Waals surface area contributed by atoms with E-state index < -0.39 is 0 Å². The molecule has 0 N–H and O–H groups in total. The Morgan fingerprint density at radius 1 is 0.783 bits per heavy atom. The fourth-order valence-corrected chi connectivity index (χ4v) is 11.7. The maximum atomic E-state index is 6.71. The largest absolute Gasteiger partial charge is 0.376 e. The highest BCUT2D eigenvalue weighted by atomic mass is 16.5. The summed E-state index contributed by atoms with van der Waals surface area (Å²) in [6.45, 7) is 20.2. The molecule has 6 unspecified atom stereocenters. The maximum absolute atomic E-state index is 6.71. The molecule has 4 heteroatoms. The first-order valence-corrected chi connectivity index (χ1v) is 18.2. The number of allylic oxidation sites excluding steroid dienone is 4. The van der Waals surface area contributed by atoms with Crippen LogP contribution in [0.3, 0.4) is 0 Å². The van der Waals surface area contributed by atoms with Crippen molar-refractivity contribution in [1.82, 2.24) is 9.97 Å². The van der Waals surface area contributed by atoms with Gasteiger partial charge in [-0.3, -0.25) is 9.97 Å². The van der Waals surface area contributed by atoms with Gasteiger partial charge in [0.05, 0.1) is 25.9 Å². The Bertz CT molecular complexity index is 1480. The summed E-state index contributed by atoms with van der Waals surface area (Å²) in [5, 5.41) is 0. The summed E-state index contributed by atoms with van der Waals surface area (Å²) in [4.78, 5) is 8.60. The first-order valence-electron chi connectivity index (χ1n) is 18.2. The lowest BCUT2D eigenvalue weighted by molar-refractivity contribution is -0.196. The highest BCUT2D eigenvalue weighted by Gasteiger charge is 2.66. The summed E-state index contributed by atoms with van der Waals surface area (Å²) in [5.41, 5.74) is 7.18. The highest BCUT2D eigenvalue weighted by molar-refractivity contribution is 5.45. The minimum atomic E-state index is 0.135. The molecule has 2 heterocycles. The van der Waals surface area contributed by atoms with Crippen molar-refractivity contribution in [2.24, 2.45) is 44.3 Å². The van der Waals surface area contributed by atoms with Crippen LogP contribution >= 0.6 is 0 Å². The molecule has 46 heavy (non-hydrogen) atoms. The topological polar surface area (TPSA) is 44.2 Å². The van der Waals surface area contributed by atoms with Crippen molar-refractivity contribution in [2.45, 2.75) is 126 Å². The highest BCUT2D eigenvalue weighted by Crippen LogP contribution is 2.74. The van der Waals surface area contributed by atoms with E-state index in [0.29, 0.717) is 30.5 Å². The summed E-state index contributed by atoms with van der Waals surface area (Å²) in [5.74, 6) is 1.24. The molecule has 3 saturated carbocycles. The first kappa shape index (κ1) is 32.3. The Morgan fingerprint density at radius 2 is 1.48 bits per heavy atom. The Balaban J connectivity index is 1.15. The molecule has 2 aromatic rings. The molecule has 2 aromatic heterocycles. The smallest absolute Gasteiger partial charge is 0.0735 e. The predicted molar refractivity (Wildman–Crippen MR) is 186 cm³/mol. The SMILES string of the molecule is CC12CC[C@](C)(COCc3cccnc3)CC1=C1C=CC3C4(C)CCC(OCc5cccnc5)C(C)(C)C4CCC3(C)[C@]1(C)CC2. The lowest BCUT2D eigenvalue weighted by atomic mass is 9.35. The maximum Gasteiger partial charge on any atom is 0.0735 e. The van der Waals surface area contributed by atoms with Crippen molar-refractivity contribution in [3.8, 4) is 0 Å². The van der Waals surface area contributed by atoms with Gasteiger partial charge in [-0.1, -0.05) is 78.3 Å². The Hall–Kier alpha value is -2.30. The molecule has 7 rings (SSSR count). The molecule has 0 radical (unpaired) electrons. The van der Waals surface area contributed by atoms with Gasteiger partial charge >= 0.3 is 0 Å². The van der Waals surface area contributed by atoms with Crippen LogP contribution in [-0.4, -0.2) is 22.7 Å². The van der Waals surface area contributed by atoms with Crippen LogP contribution in [0, 0.1) is 44.3 Å². The van der Waals surface area contributed by atoms with Crippen LogP contribution in [0.5, 0.6) is 0 Å². The monoisotopic (exact) mass is 622 g/mol. The molecule has 248 valence electrons. The van der Waals surface area contributed by atoms with Gasteiger partial charge in [0.1, 0.15) is 0 Å². The normalized spacial score (nSPS) is 41.2. The standard InChI is InChI=1S/C42H58N2O2/c1-37(2)34-14-17-42(7)35(40(34,5)16-15-36(37)46-28-31-11-9-23-44-26-31)13-12-32-33-24-38(3,29-45-27-30-10-8-22-43-25-30)18-19-39(33,4)20-21-41(32,42)6/h8-13,22-23,25-26,34-36H,14-21,24,27-29H2,1-7H3/t34?,35?,36?,38-,39?,40?,41+,42?/m0/s1. The molecule has 0 bridgehead atoms. The van der Waals surface area contributed by atoms with Crippen molar-refractivity contribution in [3.05, 3.63) is 83.5 Å². The summed E-state index contributed by atoms with van der Waals surface area (Å²) in [6.07, 6.45) is 24.5. The van der Waals surface area contributed by atoms with E-state index in [1.54, 1.807) is 11.1 Å². The third kappa shape index (κ3) is 5.07. The van der Waals surface area contributed by atoms with E-state index in [9.17, 15) is 0 Å². The van der Waals surface area contributed by atoms with E-state index in [2.05, 4.69) is 82.7 Å². The zero-order chi connectivity index (χ0) is 32.4. The quantitative estimate of drug-likeness (QED) is 0.308. The summed E-state index contributed by atoms with van der Waals surface area (Å²) in [6, 6.07) is 8.27. The van der Waals surface area contributed by atoms with Crippen LogP contribution in [0.1, 0.15) is 117 Å². The minimum absolute atomic E-state index is 0.135. The molecular weight excluding hydrogens is 564 g/mol. The lowest BCUT2D eigenvalue weighted by Crippen LogP contribution is -2.63. The van der Waals surface area contributed by atoms with Crippen LogP contribution in [0.15, 0.2) is 72.4 Å². The summed E-state index contributed by atoms with van der Waals surface area (Å²) >= 11 is 0. The average Bonchev–Trinajstić information content (AvgIpc) is 3.03. The molecule has 0 amide bonds. The van der Waals surface area contributed by atoms with Gasteiger partial charge in [-0.25, -0.2) is 0 Å². The molecule has 5 aliphatic rings. The van der Waals surface area contributed by atoms with Crippen molar-refractivity contribution in [3.63, 3.8) is 0 Å². The molecule has 8 atom stereocenters. The number of aromatic nitrogens is 2. The molecular formula is C42H58N2O2. The van der Waals surface area contributed by atoms with E-state index in [0.717, 1.165) is 25.0 Å². The van der Waals surface area contributed by atoms with Crippen LogP contribution in [0.2, 0.25) is 0 Å². The van der Waals surface area contributed by atoms with E-state index in [1.165, 1.54) is 50.5 Å². The van der Waals surface area contributed by atoms with E-state index in [1.807, 2.05) is 36.9 Å². The summed E-state index contributed by atoms with van der Waals surface area (Å²) in [7, 11) is 0. The average molecular weight is 623 g/mol. The van der Waals surface area contributed by atoms with Crippen molar-refractivity contribution < 1.29 is 9.47 Å². The minimum Gasteiger partial charge on any atom is -0.376 e. The second-order valence-corrected chi connectivity index (χ2v) is 18.0. The van der Waals surface area contributed by atoms with Crippen molar-refractivity contribution >= 4 is 0 Å². The van der Waals surface area contributed by atoms with E-state index in [-0.39, 0.29) is 33.2 Å². The molecule has 4 nitrogen and oxygen atoms in total. The Morgan fingerprint density at radius 3 is 2.17 bits per heavy atom. The van der Waals surface area contributed by atoms with Gasteiger partial charge in [-0.05, 0) is 131 Å². The van der Waals surface area contributed by atoms with Gasteiger partial charge in [0.15, 0.2) is 0 Å². The number of ether oxygens (including phenoxy) is 2. The molecule has 3 fully saturated rings. The molecule has 0 aliphatic heterocycles. The molecule has 0 spiro atoms. The van der Waals surface area contributed by atoms with Gasteiger partial charge in [-0.2, -0.15) is 0 Å². The van der Waals surface area contributed by atoms with Crippen LogP contribution < -0.4 is 0 Å². The van der Waals surface area contributed by atoms with Gasteiger partial charge in [-0.15, -0.1) is 0 Å². The number of pyridine rings is 2. The third-order valence-corrected chi connectivity index (χ3v) is 14.9. The van der Waals surface area contributed by atoms with E-state index >= 15 is 0 Å².